The number of allylic oxidation sites excluding steroid dienone is 1. The fourth-order valence-corrected chi connectivity index (χ4v) is 3.26. The molecule has 1 aliphatic rings. The van der Waals surface area contributed by atoms with Crippen LogP contribution in [0.3, 0.4) is 0 Å². The summed E-state index contributed by atoms with van der Waals surface area (Å²) in [5.41, 5.74) is 11.1. The third-order valence-corrected chi connectivity index (χ3v) is 5.05. The lowest BCUT2D eigenvalue weighted by molar-refractivity contribution is -0.140. The average molecular weight is 410 g/mol. The molecule has 0 bridgehead atoms. The summed E-state index contributed by atoms with van der Waals surface area (Å²) in [6.07, 6.45) is 4.37. The fourth-order valence-electron chi connectivity index (χ4n) is 3.26. The molecule has 30 heavy (non-hydrogen) atoms. The molecule has 0 radical (unpaired) electrons. The summed E-state index contributed by atoms with van der Waals surface area (Å²) in [7, 11) is 0. The van der Waals surface area contributed by atoms with Crippen molar-refractivity contribution in [3.8, 4) is 5.88 Å². The number of amides is 1. The Morgan fingerprint density at radius 1 is 1.23 bits per heavy atom. The van der Waals surface area contributed by atoms with Gasteiger partial charge in [-0.25, -0.2) is 4.98 Å². The van der Waals surface area contributed by atoms with Gasteiger partial charge in [0.1, 0.15) is 6.61 Å². The zero-order chi connectivity index (χ0) is 21.9. The molecular formula is C23H31N5O2. The minimum atomic E-state index is -0.378. The zero-order valence-corrected chi connectivity index (χ0v) is 18.5. The molecule has 1 amide bonds. The number of fused-ring (bicyclic) bond motifs is 1. The van der Waals surface area contributed by atoms with Gasteiger partial charge in [-0.1, -0.05) is 20.8 Å². The number of aromatic nitrogens is 2. The molecule has 0 saturated carbocycles. The molecule has 0 saturated heterocycles. The Balaban J connectivity index is 1.65. The van der Waals surface area contributed by atoms with Crippen LogP contribution in [0, 0.1) is 12.3 Å². The smallest absolute Gasteiger partial charge is 0.228 e. The second-order valence-electron chi connectivity index (χ2n) is 8.78. The topological polar surface area (TPSA) is 93.4 Å². The number of ether oxygens (including phenoxy) is 1. The molecule has 0 atom stereocenters. The van der Waals surface area contributed by atoms with Crippen LogP contribution in [-0.4, -0.2) is 33.9 Å². The molecule has 2 aromatic rings. The first-order chi connectivity index (χ1) is 14.1. The Hall–Kier alpha value is -3.09. The highest BCUT2D eigenvalue weighted by Crippen LogP contribution is 2.26. The second kappa shape index (κ2) is 8.73. The lowest BCUT2D eigenvalue weighted by Crippen LogP contribution is -2.42. The number of hydrogen-bond donors (Lipinski definition) is 2. The average Bonchev–Trinajstić information content (AvgIpc) is 2.70. The molecule has 3 N–H and O–H groups in total. The molecule has 3 heterocycles. The van der Waals surface area contributed by atoms with E-state index in [1.54, 1.807) is 6.20 Å². The van der Waals surface area contributed by atoms with Crippen molar-refractivity contribution >= 4 is 11.6 Å². The standard InChI is InChI=1S/C23H31N5O2/c1-15-6-7-19(12-25-15)27-20(16(2)24)14-30-21-10-17-8-9-28(13-18(17)11-26-21)22(29)23(3,4)5/h6-7,10-12,27H,8-9,13-14,24H2,1-5H3/b20-16-. The molecule has 7 nitrogen and oxygen atoms in total. The second-order valence-corrected chi connectivity index (χ2v) is 8.78. The number of pyridine rings is 2. The number of anilines is 1. The number of rotatable bonds is 5. The predicted molar refractivity (Wildman–Crippen MR) is 118 cm³/mol. The van der Waals surface area contributed by atoms with Crippen LogP contribution in [0.4, 0.5) is 5.69 Å². The van der Waals surface area contributed by atoms with Gasteiger partial charge in [-0.2, -0.15) is 0 Å². The quantitative estimate of drug-likeness (QED) is 0.786. The third kappa shape index (κ3) is 5.28. The van der Waals surface area contributed by atoms with Crippen LogP contribution in [0.1, 0.15) is 44.5 Å². The minimum absolute atomic E-state index is 0.165. The Morgan fingerprint density at radius 3 is 2.63 bits per heavy atom. The SMILES string of the molecule is C/C(N)=C(\COc1cc2c(cn1)CN(C(=O)C(C)(C)C)CC2)Nc1ccc(C)nc1. The van der Waals surface area contributed by atoms with E-state index in [4.69, 9.17) is 10.5 Å². The predicted octanol–water partition coefficient (Wildman–Crippen LogP) is 3.40. The van der Waals surface area contributed by atoms with Gasteiger partial charge in [0.2, 0.25) is 11.8 Å². The van der Waals surface area contributed by atoms with Crippen molar-refractivity contribution in [3.63, 3.8) is 0 Å². The van der Waals surface area contributed by atoms with Crippen LogP contribution >= 0.6 is 0 Å². The molecule has 7 heteroatoms. The molecule has 160 valence electrons. The van der Waals surface area contributed by atoms with Crippen molar-refractivity contribution in [1.29, 1.82) is 0 Å². The number of nitrogens with two attached hydrogens (primary N) is 1. The molecule has 0 spiro atoms. The number of nitrogens with one attached hydrogen (secondary N) is 1. The molecule has 2 aromatic heterocycles. The fraction of sp³-hybridized carbons (Fsp3) is 0.435. The van der Waals surface area contributed by atoms with E-state index in [1.165, 1.54) is 5.56 Å². The summed E-state index contributed by atoms with van der Waals surface area (Å²) < 4.78 is 5.91. The summed E-state index contributed by atoms with van der Waals surface area (Å²) in [5.74, 6) is 0.713. The van der Waals surface area contributed by atoms with Gasteiger partial charge in [0.25, 0.3) is 0 Å². The number of hydrogen-bond acceptors (Lipinski definition) is 6. The molecule has 0 aromatic carbocycles. The van der Waals surface area contributed by atoms with Crippen molar-refractivity contribution in [2.45, 2.75) is 47.6 Å². The highest BCUT2D eigenvalue weighted by molar-refractivity contribution is 5.81. The first-order valence-electron chi connectivity index (χ1n) is 10.2. The van der Waals surface area contributed by atoms with Gasteiger partial charge in [0.05, 0.1) is 17.6 Å². The van der Waals surface area contributed by atoms with Gasteiger partial charge in [-0.15, -0.1) is 0 Å². The maximum atomic E-state index is 12.6. The van der Waals surface area contributed by atoms with Crippen LogP contribution < -0.4 is 15.8 Å². The lowest BCUT2D eigenvalue weighted by Gasteiger charge is -2.33. The summed E-state index contributed by atoms with van der Waals surface area (Å²) in [5, 5.41) is 3.27. The van der Waals surface area contributed by atoms with Crippen LogP contribution in [0.5, 0.6) is 5.88 Å². The van der Waals surface area contributed by atoms with Crippen molar-refractivity contribution in [1.82, 2.24) is 14.9 Å². The van der Waals surface area contributed by atoms with Crippen LogP contribution in [0.25, 0.3) is 0 Å². The van der Waals surface area contributed by atoms with E-state index in [-0.39, 0.29) is 17.9 Å². The first-order valence-corrected chi connectivity index (χ1v) is 10.2. The highest BCUT2D eigenvalue weighted by Gasteiger charge is 2.29. The largest absolute Gasteiger partial charge is 0.471 e. The van der Waals surface area contributed by atoms with Crippen LogP contribution in [0.15, 0.2) is 42.0 Å². The van der Waals surface area contributed by atoms with E-state index in [9.17, 15) is 4.79 Å². The van der Waals surface area contributed by atoms with E-state index in [1.807, 2.05) is 63.9 Å². The first kappa shape index (κ1) is 21.6. The van der Waals surface area contributed by atoms with Gasteiger partial charge >= 0.3 is 0 Å². The van der Waals surface area contributed by atoms with E-state index < -0.39 is 0 Å². The Kier molecular flexibility index (Phi) is 6.29. The molecule has 0 aliphatic carbocycles. The monoisotopic (exact) mass is 409 g/mol. The summed E-state index contributed by atoms with van der Waals surface area (Å²) in [6, 6.07) is 5.85. The number of aryl methyl sites for hydroxylation is 1. The Labute approximate surface area is 178 Å². The normalized spacial score (nSPS) is 14.6. The van der Waals surface area contributed by atoms with Crippen molar-refractivity contribution < 1.29 is 9.53 Å². The number of carbonyl (C=O) groups is 1. The van der Waals surface area contributed by atoms with Gasteiger partial charge in [0, 0.05) is 42.2 Å². The van der Waals surface area contributed by atoms with Crippen molar-refractivity contribution in [2.75, 3.05) is 18.5 Å². The van der Waals surface area contributed by atoms with E-state index >= 15 is 0 Å². The lowest BCUT2D eigenvalue weighted by atomic mass is 9.92. The third-order valence-electron chi connectivity index (χ3n) is 5.05. The molecular weight excluding hydrogens is 378 g/mol. The molecule has 1 aliphatic heterocycles. The van der Waals surface area contributed by atoms with Crippen LogP contribution in [-0.2, 0) is 17.8 Å². The Bertz CT molecular complexity index is 941. The van der Waals surface area contributed by atoms with Crippen LogP contribution in [0.2, 0.25) is 0 Å². The van der Waals surface area contributed by atoms with Gasteiger partial charge in [0.15, 0.2) is 0 Å². The van der Waals surface area contributed by atoms with E-state index in [0.717, 1.165) is 29.1 Å². The van der Waals surface area contributed by atoms with Gasteiger partial charge < -0.3 is 20.7 Å². The Morgan fingerprint density at radius 2 is 2.00 bits per heavy atom. The van der Waals surface area contributed by atoms with Gasteiger partial charge in [-0.3, -0.25) is 9.78 Å². The van der Waals surface area contributed by atoms with Crippen molar-refractivity contribution in [2.24, 2.45) is 11.1 Å². The maximum absolute atomic E-state index is 12.6. The molecule has 0 unspecified atom stereocenters. The van der Waals surface area contributed by atoms with E-state index in [0.29, 0.717) is 24.7 Å². The number of nitrogens with zero attached hydrogens (tertiary/aromatic N) is 3. The summed E-state index contributed by atoms with van der Waals surface area (Å²) >= 11 is 0. The van der Waals surface area contributed by atoms with E-state index in [2.05, 4.69) is 15.3 Å². The number of carbonyl (C=O) groups excluding carboxylic acids is 1. The summed E-state index contributed by atoms with van der Waals surface area (Å²) in [4.78, 5) is 23.2. The summed E-state index contributed by atoms with van der Waals surface area (Å²) in [6.45, 7) is 11.2. The van der Waals surface area contributed by atoms with Gasteiger partial charge in [-0.05, 0) is 43.5 Å². The van der Waals surface area contributed by atoms with Crippen molar-refractivity contribution in [3.05, 3.63) is 58.8 Å². The molecule has 0 fully saturated rings. The highest BCUT2D eigenvalue weighted by atomic mass is 16.5. The molecule has 3 rings (SSSR count). The minimum Gasteiger partial charge on any atom is -0.471 e. The zero-order valence-electron chi connectivity index (χ0n) is 18.5. The maximum Gasteiger partial charge on any atom is 0.228 e.